The maximum atomic E-state index is 13.4. The molecule has 5 rings (SSSR count). The Kier molecular flexibility index (Phi) is 4.39. The van der Waals surface area contributed by atoms with Crippen molar-refractivity contribution in [3.05, 3.63) is 78.9 Å². The quantitative estimate of drug-likeness (QED) is 0.534. The standard InChI is InChI=1S/C23H23N5O/c1-16(17-11-12-17)28-14-19(13-25-28)26-23(29)22(18-7-3-2-4-8-18)27-15-24-20-9-5-6-10-21(20)27/h2-10,13-17,22H,11-12H2,1H3,(H,26,29). The molecule has 29 heavy (non-hydrogen) atoms. The largest absolute Gasteiger partial charge is 0.321 e. The molecule has 1 aliphatic carbocycles. The molecule has 2 aromatic carbocycles. The Bertz CT molecular complexity index is 1140. The average molecular weight is 385 g/mol. The summed E-state index contributed by atoms with van der Waals surface area (Å²) in [7, 11) is 0. The fraction of sp³-hybridized carbons (Fsp3) is 0.261. The van der Waals surface area contributed by atoms with Gasteiger partial charge in [-0.15, -0.1) is 0 Å². The first-order chi connectivity index (χ1) is 14.2. The number of hydrogen-bond donors (Lipinski definition) is 1. The molecule has 2 aromatic heterocycles. The second-order valence-electron chi connectivity index (χ2n) is 7.73. The predicted molar refractivity (Wildman–Crippen MR) is 113 cm³/mol. The molecule has 0 radical (unpaired) electrons. The Balaban J connectivity index is 1.47. The van der Waals surface area contributed by atoms with Gasteiger partial charge in [0.05, 0.1) is 35.3 Å². The van der Waals surface area contributed by atoms with Gasteiger partial charge in [-0.1, -0.05) is 42.5 Å². The second-order valence-corrected chi connectivity index (χ2v) is 7.73. The second kappa shape index (κ2) is 7.20. The van der Waals surface area contributed by atoms with Gasteiger partial charge in [-0.3, -0.25) is 9.48 Å². The molecule has 6 nitrogen and oxygen atoms in total. The van der Waals surface area contributed by atoms with E-state index in [1.54, 1.807) is 12.5 Å². The molecular formula is C23H23N5O. The summed E-state index contributed by atoms with van der Waals surface area (Å²) < 4.78 is 3.88. The zero-order chi connectivity index (χ0) is 19.8. The van der Waals surface area contributed by atoms with E-state index >= 15 is 0 Å². The van der Waals surface area contributed by atoms with Crippen molar-refractivity contribution < 1.29 is 4.79 Å². The normalized spacial score (nSPS) is 15.9. The third kappa shape index (κ3) is 3.42. The van der Waals surface area contributed by atoms with Crippen LogP contribution in [0.2, 0.25) is 0 Å². The van der Waals surface area contributed by atoms with Crippen molar-refractivity contribution in [2.75, 3.05) is 5.32 Å². The van der Waals surface area contributed by atoms with E-state index < -0.39 is 6.04 Å². The van der Waals surface area contributed by atoms with Crippen LogP contribution in [0.4, 0.5) is 5.69 Å². The monoisotopic (exact) mass is 385 g/mol. The van der Waals surface area contributed by atoms with E-state index in [-0.39, 0.29) is 5.91 Å². The minimum atomic E-state index is -0.521. The number of carbonyl (C=O) groups is 1. The van der Waals surface area contributed by atoms with Crippen LogP contribution in [0.25, 0.3) is 11.0 Å². The Morgan fingerprint density at radius 3 is 2.66 bits per heavy atom. The Labute approximate surface area is 169 Å². The molecule has 146 valence electrons. The molecule has 2 heterocycles. The molecule has 0 bridgehead atoms. The maximum Gasteiger partial charge on any atom is 0.252 e. The Hall–Kier alpha value is -3.41. The lowest BCUT2D eigenvalue weighted by atomic mass is 10.1. The van der Waals surface area contributed by atoms with Gasteiger partial charge in [-0.05, 0) is 43.4 Å². The lowest BCUT2D eigenvalue weighted by molar-refractivity contribution is -0.118. The molecule has 1 N–H and O–H groups in total. The molecule has 2 atom stereocenters. The molecule has 0 spiro atoms. The molecular weight excluding hydrogens is 362 g/mol. The summed E-state index contributed by atoms with van der Waals surface area (Å²) in [6, 6.07) is 17.5. The van der Waals surface area contributed by atoms with E-state index in [4.69, 9.17) is 0 Å². The number of nitrogens with one attached hydrogen (secondary N) is 1. The van der Waals surface area contributed by atoms with E-state index in [1.165, 1.54) is 12.8 Å². The molecule has 1 aliphatic rings. The van der Waals surface area contributed by atoms with Crippen molar-refractivity contribution >= 4 is 22.6 Å². The van der Waals surface area contributed by atoms with Crippen molar-refractivity contribution in [2.45, 2.75) is 31.8 Å². The van der Waals surface area contributed by atoms with E-state index in [2.05, 4.69) is 22.3 Å². The summed E-state index contributed by atoms with van der Waals surface area (Å²) >= 11 is 0. The van der Waals surface area contributed by atoms with Crippen LogP contribution in [-0.2, 0) is 4.79 Å². The minimum absolute atomic E-state index is 0.113. The molecule has 0 aliphatic heterocycles. The van der Waals surface area contributed by atoms with Crippen molar-refractivity contribution in [2.24, 2.45) is 5.92 Å². The zero-order valence-corrected chi connectivity index (χ0v) is 16.3. The van der Waals surface area contributed by atoms with Gasteiger partial charge in [-0.2, -0.15) is 5.10 Å². The number of hydrogen-bond acceptors (Lipinski definition) is 3. The van der Waals surface area contributed by atoms with Crippen LogP contribution in [0.3, 0.4) is 0 Å². The summed E-state index contributed by atoms with van der Waals surface area (Å²) in [6.07, 6.45) is 7.90. The lowest BCUT2D eigenvalue weighted by Gasteiger charge is -2.19. The van der Waals surface area contributed by atoms with Gasteiger partial charge < -0.3 is 9.88 Å². The number of nitrogens with zero attached hydrogens (tertiary/aromatic N) is 4. The number of anilines is 1. The summed E-state index contributed by atoms with van der Waals surface area (Å²) in [5.74, 6) is 0.589. The van der Waals surface area contributed by atoms with Gasteiger partial charge in [-0.25, -0.2) is 4.98 Å². The average Bonchev–Trinajstić information content (AvgIpc) is 3.36. The minimum Gasteiger partial charge on any atom is -0.321 e. The highest BCUT2D eigenvalue weighted by Gasteiger charge is 2.30. The Morgan fingerprint density at radius 1 is 1.10 bits per heavy atom. The van der Waals surface area contributed by atoms with Crippen molar-refractivity contribution in [3.8, 4) is 0 Å². The molecule has 2 unspecified atom stereocenters. The topological polar surface area (TPSA) is 64.7 Å². The summed E-state index contributed by atoms with van der Waals surface area (Å²) in [4.78, 5) is 17.9. The molecule has 1 saturated carbocycles. The van der Waals surface area contributed by atoms with Gasteiger partial charge >= 0.3 is 0 Å². The van der Waals surface area contributed by atoms with E-state index in [1.807, 2.05) is 70.0 Å². The smallest absolute Gasteiger partial charge is 0.252 e. The van der Waals surface area contributed by atoms with Crippen molar-refractivity contribution in [1.29, 1.82) is 0 Å². The molecule has 1 amide bonds. The van der Waals surface area contributed by atoms with Crippen LogP contribution in [0.5, 0.6) is 0 Å². The molecule has 0 saturated heterocycles. The summed E-state index contributed by atoms with van der Waals surface area (Å²) in [5.41, 5.74) is 3.42. The first-order valence-corrected chi connectivity index (χ1v) is 10.0. The third-order valence-electron chi connectivity index (χ3n) is 5.71. The van der Waals surface area contributed by atoms with Crippen LogP contribution < -0.4 is 5.32 Å². The lowest BCUT2D eigenvalue weighted by Crippen LogP contribution is -2.26. The van der Waals surface area contributed by atoms with Crippen LogP contribution in [0.1, 0.15) is 37.4 Å². The van der Waals surface area contributed by atoms with Crippen LogP contribution in [0, 0.1) is 5.92 Å². The van der Waals surface area contributed by atoms with E-state index in [0.29, 0.717) is 17.6 Å². The number of carbonyl (C=O) groups excluding carboxylic acids is 1. The number of rotatable bonds is 6. The number of amides is 1. The number of para-hydroxylation sites is 2. The van der Waals surface area contributed by atoms with E-state index in [9.17, 15) is 4.79 Å². The molecule has 4 aromatic rings. The highest BCUT2D eigenvalue weighted by Crippen LogP contribution is 2.39. The van der Waals surface area contributed by atoms with Gasteiger partial charge in [0.15, 0.2) is 0 Å². The van der Waals surface area contributed by atoms with Crippen molar-refractivity contribution in [1.82, 2.24) is 19.3 Å². The Morgan fingerprint density at radius 2 is 1.86 bits per heavy atom. The zero-order valence-electron chi connectivity index (χ0n) is 16.3. The van der Waals surface area contributed by atoms with Crippen LogP contribution in [0.15, 0.2) is 73.3 Å². The fourth-order valence-electron chi connectivity index (χ4n) is 3.89. The summed E-state index contributed by atoms with van der Waals surface area (Å²) in [5, 5.41) is 7.52. The first kappa shape index (κ1) is 17.7. The fourth-order valence-corrected chi connectivity index (χ4v) is 3.89. The van der Waals surface area contributed by atoms with Gasteiger partial charge in [0.1, 0.15) is 6.04 Å². The van der Waals surface area contributed by atoms with Gasteiger partial charge in [0.2, 0.25) is 0 Å². The van der Waals surface area contributed by atoms with E-state index in [0.717, 1.165) is 16.6 Å². The SMILES string of the molecule is CC(C1CC1)n1cc(NC(=O)C(c2ccccc2)n2cnc3ccccc32)cn1. The number of imidazole rings is 1. The van der Waals surface area contributed by atoms with Crippen LogP contribution in [-0.4, -0.2) is 25.2 Å². The van der Waals surface area contributed by atoms with Gasteiger partial charge in [0.25, 0.3) is 5.91 Å². The maximum absolute atomic E-state index is 13.4. The number of benzene rings is 2. The highest BCUT2D eigenvalue weighted by atomic mass is 16.2. The number of aromatic nitrogens is 4. The first-order valence-electron chi connectivity index (χ1n) is 10.0. The molecule has 1 fully saturated rings. The highest BCUT2D eigenvalue weighted by molar-refractivity contribution is 5.96. The predicted octanol–water partition coefficient (Wildman–Crippen LogP) is 4.43. The van der Waals surface area contributed by atoms with Crippen molar-refractivity contribution in [3.63, 3.8) is 0 Å². The molecule has 6 heteroatoms. The summed E-state index contributed by atoms with van der Waals surface area (Å²) in [6.45, 7) is 2.18. The third-order valence-corrected chi connectivity index (χ3v) is 5.71. The van der Waals surface area contributed by atoms with Gasteiger partial charge in [0, 0.05) is 6.20 Å². The number of fused-ring (bicyclic) bond motifs is 1. The van der Waals surface area contributed by atoms with Crippen LogP contribution >= 0.6 is 0 Å².